The molecule has 4 heteroatoms. The second-order valence-corrected chi connectivity index (χ2v) is 21.6. The van der Waals surface area contributed by atoms with Gasteiger partial charge in [-0.25, -0.2) is 0 Å². The smallest absolute Gasteiger partial charge is 0.333 e. The van der Waals surface area contributed by atoms with E-state index < -0.39 is 8.07 Å². The Morgan fingerprint density at radius 3 is 1.90 bits per heavy atom. The third-order valence-electron chi connectivity index (χ3n) is 15.1. The molecule has 59 heavy (non-hydrogen) atoms. The maximum Gasteiger partial charge on any atom is 0.333 e. The minimum absolute atomic E-state index is 0.0216. The number of rotatable bonds is 0. The van der Waals surface area contributed by atoms with Crippen molar-refractivity contribution in [1.82, 2.24) is 4.48 Å². The van der Waals surface area contributed by atoms with Crippen LogP contribution in [0.2, 0.25) is 0 Å². The monoisotopic (exact) mass is 762 g/mol. The summed E-state index contributed by atoms with van der Waals surface area (Å²) in [7, 11) is -2.80. The van der Waals surface area contributed by atoms with Crippen molar-refractivity contribution in [3.8, 4) is 33.4 Å². The lowest BCUT2D eigenvalue weighted by molar-refractivity contribution is 0.661. The number of hydrogen-bond acceptors (Lipinski definition) is 1. The van der Waals surface area contributed by atoms with Crippen LogP contribution in [-0.4, -0.2) is 19.4 Å². The molecule has 15 rings (SSSR count). The van der Waals surface area contributed by atoms with Gasteiger partial charge in [0, 0.05) is 49.7 Å². The molecule has 0 saturated heterocycles. The molecule has 0 amide bonds. The van der Waals surface area contributed by atoms with Crippen molar-refractivity contribution in [2.45, 2.75) is 19.3 Å². The van der Waals surface area contributed by atoms with Gasteiger partial charge in [-0.05, 0) is 100 Å². The van der Waals surface area contributed by atoms with Gasteiger partial charge >= 0.3 is 6.85 Å². The number of para-hydroxylation sites is 3. The number of fused-ring (bicyclic) bond motifs is 21. The van der Waals surface area contributed by atoms with Gasteiger partial charge < -0.3 is 9.38 Å². The molecule has 0 bridgehead atoms. The van der Waals surface area contributed by atoms with Crippen molar-refractivity contribution in [2.75, 3.05) is 4.90 Å². The number of nitrogens with zero attached hydrogens (tertiary/aromatic N) is 2. The van der Waals surface area contributed by atoms with E-state index >= 15 is 0 Å². The van der Waals surface area contributed by atoms with Gasteiger partial charge in [-0.2, -0.15) is 0 Å². The van der Waals surface area contributed by atoms with Crippen LogP contribution in [0.1, 0.15) is 25.0 Å². The molecule has 0 atom stereocenters. The summed E-state index contributed by atoms with van der Waals surface area (Å²) in [6, 6.07) is 68.3. The lowest BCUT2D eigenvalue weighted by Gasteiger charge is -2.49. The Kier molecular flexibility index (Phi) is 5.39. The van der Waals surface area contributed by atoms with Gasteiger partial charge in [0.2, 0.25) is 0 Å². The first-order valence-electron chi connectivity index (χ1n) is 21.1. The van der Waals surface area contributed by atoms with E-state index in [1.54, 1.807) is 0 Å². The molecule has 5 aliphatic rings. The maximum atomic E-state index is 2.76. The highest BCUT2D eigenvalue weighted by Gasteiger charge is 2.57. The van der Waals surface area contributed by atoms with E-state index in [0.29, 0.717) is 0 Å². The zero-order chi connectivity index (χ0) is 38.5. The number of hydrogen-bond donors (Lipinski definition) is 0. The summed E-state index contributed by atoms with van der Waals surface area (Å²) in [5, 5.41) is 11.2. The molecule has 0 unspecified atom stereocenters. The average Bonchev–Trinajstić information content (AvgIpc) is 3.85. The molecule has 10 aromatic rings. The fourth-order valence-corrected chi connectivity index (χ4v) is 18.5. The molecule has 0 saturated carbocycles. The number of aromatic nitrogens is 1. The Bertz CT molecular complexity index is 3580. The number of benzene rings is 9. The predicted molar refractivity (Wildman–Crippen MR) is 251 cm³/mol. The van der Waals surface area contributed by atoms with Gasteiger partial charge in [0.05, 0.1) is 5.69 Å². The summed E-state index contributed by atoms with van der Waals surface area (Å²) in [5.74, 6) is 0. The third kappa shape index (κ3) is 3.34. The zero-order valence-corrected chi connectivity index (χ0v) is 33.7. The topological polar surface area (TPSA) is 8.17 Å². The minimum atomic E-state index is -2.80. The molecular formula is C55H35BN2Si. The quantitative estimate of drug-likeness (QED) is 0.140. The van der Waals surface area contributed by atoms with Crippen LogP contribution in [0.25, 0.3) is 66.0 Å². The highest BCUT2D eigenvalue weighted by atomic mass is 28.3. The molecule has 9 aromatic carbocycles. The molecule has 0 radical (unpaired) electrons. The zero-order valence-electron chi connectivity index (χ0n) is 32.7. The lowest BCUT2D eigenvalue weighted by Crippen LogP contribution is -2.77. The van der Waals surface area contributed by atoms with Crippen molar-refractivity contribution >= 4 is 96.2 Å². The van der Waals surface area contributed by atoms with E-state index in [-0.39, 0.29) is 12.3 Å². The van der Waals surface area contributed by atoms with Crippen molar-refractivity contribution in [2.24, 2.45) is 0 Å². The SMILES string of the molecule is CC1(C)c2ccccc2-c2c1cc1c3c2N2c4ccccc4[Si]4(c5ccccc5-c5ccccc54)c4cccc(c42)B3n2c3cc4ccccc4cc3c3cccc-1c32. The molecule has 272 valence electrons. The summed E-state index contributed by atoms with van der Waals surface area (Å²) >= 11 is 0. The average molecular weight is 763 g/mol. The minimum Gasteiger partial charge on any atom is -0.375 e. The predicted octanol–water partition coefficient (Wildman–Crippen LogP) is 9.34. The van der Waals surface area contributed by atoms with Crippen LogP contribution in [0.3, 0.4) is 0 Å². The molecule has 5 heterocycles. The molecular weight excluding hydrogens is 728 g/mol. The molecule has 0 N–H and O–H groups in total. The second-order valence-electron chi connectivity index (χ2n) is 17.9. The molecule has 2 nitrogen and oxygen atoms in total. The van der Waals surface area contributed by atoms with E-state index in [9.17, 15) is 0 Å². The molecule has 4 aliphatic heterocycles. The first kappa shape index (κ1) is 31.2. The van der Waals surface area contributed by atoms with Crippen molar-refractivity contribution in [3.63, 3.8) is 0 Å². The molecule has 1 spiro atoms. The van der Waals surface area contributed by atoms with Gasteiger partial charge in [-0.1, -0.05) is 166 Å². The normalized spacial score (nSPS) is 15.8. The maximum absolute atomic E-state index is 2.80. The third-order valence-corrected chi connectivity index (χ3v) is 20.0. The Hall–Kier alpha value is -6.88. The van der Waals surface area contributed by atoms with Crippen LogP contribution >= 0.6 is 0 Å². The standard InChI is InChI=1S/C55H35BN2Si/c1-55(2)41-22-8-5-19-38(41)50-42(55)31-40-37-21-13-20-36-39-29-32-15-3-4-16-33(32)30-45(39)58(52(36)37)56-43-23-14-28-49-53(43)57(54(50)51(40)56)44-24-9-12-27-48(44)59(49)46-25-10-6-17-34(46)35-18-7-11-26-47(35)59/h3-31H,1-2H3. The molecule has 1 aromatic heterocycles. The van der Waals surface area contributed by atoms with Gasteiger partial charge in [0.1, 0.15) is 0 Å². The Morgan fingerprint density at radius 1 is 0.475 bits per heavy atom. The number of anilines is 3. The summed E-state index contributed by atoms with van der Waals surface area (Å²) in [4.78, 5) is 2.76. The van der Waals surface area contributed by atoms with Crippen LogP contribution in [0.4, 0.5) is 17.1 Å². The Labute approximate surface area is 343 Å². The van der Waals surface area contributed by atoms with E-state index in [1.165, 1.54) is 126 Å². The summed E-state index contributed by atoms with van der Waals surface area (Å²) < 4.78 is 2.76. The molecule has 0 fully saturated rings. The highest BCUT2D eigenvalue weighted by Crippen LogP contribution is 2.57. The largest absolute Gasteiger partial charge is 0.375 e. The van der Waals surface area contributed by atoms with Crippen LogP contribution in [0.15, 0.2) is 176 Å². The van der Waals surface area contributed by atoms with Crippen LogP contribution < -0.4 is 36.6 Å². The van der Waals surface area contributed by atoms with Gasteiger partial charge in [0.15, 0.2) is 8.07 Å². The highest BCUT2D eigenvalue weighted by molar-refractivity contribution is 7.24. The summed E-state index contributed by atoms with van der Waals surface area (Å²) in [6.45, 7) is 4.87. The van der Waals surface area contributed by atoms with Gasteiger partial charge in [-0.3, -0.25) is 0 Å². The Morgan fingerprint density at radius 2 is 1.10 bits per heavy atom. The van der Waals surface area contributed by atoms with Crippen LogP contribution in [0.5, 0.6) is 0 Å². The first-order chi connectivity index (χ1) is 29.1. The van der Waals surface area contributed by atoms with Crippen LogP contribution in [0, 0.1) is 0 Å². The summed E-state index contributed by atoms with van der Waals surface area (Å²) in [6.07, 6.45) is 0. The van der Waals surface area contributed by atoms with E-state index in [1.807, 2.05) is 0 Å². The Balaban J connectivity index is 1.18. The van der Waals surface area contributed by atoms with E-state index in [0.717, 1.165) is 0 Å². The fourth-order valence-electron chi connectivity index (χ4n) is 12.9. The molecule has 1 aliphatic carbocycles. The van der Waals surface area contributed by atoms with E-state index in [4.69, 9.17) is 0 Å². The fraction of sp³-hybridized carbons (Fsp3) is 0.0545. The second kappa shape index (κ2) is 10.2. The van der Waals surface area contributed by atoms with Crippen molar-refractivity contribution < 1.29 is 0 Å². The van der Waals surface area contributed by atoms with Crippen molar-refractivity contribution in [3.05, 3.63) is 187 Å². The van der Waals surface area contributed by atoms with Gasteiger partial charge in [-0.15, -0.1) is 0 Å². The van der Waals surface area contributed by atoms with E-state index in [2.05, 4.69) is 199 Å². The van der Waals surface area contributed by atoms with Crippen molar-refractivity contribution in [1.29, 1.82) is 0 Å². The first-order valence-corrected chi connectivity index (χ1v) is 23.1. The van der Waals surface area contributed by atoms with Crippen LogP contribution in [-0.2, 0) is 5.41 Å². The lowest BCUT2D eigenvalue weighted by atomic mass is 9.44. The summed E-state index contributed by atoms with van der Waals surface area (Å²) in [5.41, 5.74) is 20.5. The van der Waals surface area contributed by atoms with Gasteiger partial charge in [0.25, 0.3) is 0 Å².